The summed E-state index contributed by atoms with van der Waals surface area (Å²) in [7, 11) is -9.32. The van der Waals surface area contributed by atoms with Crippen molar-refractivity contribution in [1.82, 2.24) is 0 Å². The topological polar surface area (TPSA) is 66.4 Å². The summed E-state index contributed by atoms with van der Waals surface area (Å²) < 4.78 is 34.9. The molecule has 0 radical (unpaired) electrons. The summed E-state index contributed by atoms with van der Waals surface area (Å²) in [5, 5.41) is 15.7. The lowest BCUT2D eigenvalue weighted by atomic mass is 9.87. The summed E-state index contributed by atoms with van der Waals surface area (Å²) in [6.45, 7) is 28.5. The van der Waals surface area contributed by atoms with Gasteiger partial charge in [-0.1, -0.05) is 106 Å². The van der Waals surface area contributed by atoms with Gasteiger partial charge >= 0.3 is 0 Å². The molecule has 0 aliphatic carbocycles. The molecule has 1 aliphatic heterocycles. The van der Waals surface area contributed by atoms with Gasteiger partial charge in [0, 0.05) is 10.6 Å². The molecule has 6 nitrogen and oxygen atoms in total. The van der Waals surface area contributed by atoms with Gasteiger partial charge in [-0.25, -0.2) is 0 Å². The molecule has 3 aromatic rings. The number of hydrogen-bond acceptors (Lipinski definition) is 6. The zero-order valence-electron chi connectivity index (χ0n) is 32.6. The Morgan fingerprint density at radius 2 is 1.20 bits per heavy atom. The van der Waals surface area contributed by atoms with Crippen molar-refractivity contribution < 1.29 is 27.5 Å². The first-order valence-corrected chi connectivity index (χ1v) is 30.5. The van der Waals surface area contributed by atoms with Crippen molar-refractivity contribution in [2.75, 3.05) is 0 Å². The van der Waals surface area contributed by atoms with E-state index in [0.717, 1.165) is 5.56 Å². The molecule has 1 fully saturated rings. The van der Waals surface area contributed by atoms with E-state index in [1.807, 2.05) is 30.3 Å². The third-order valence-electron chi connectivity index (χ3n) is 8.89. The number of aliphatic hydroxyl groups is 1. The zero-order valence-corrected chi connectivity index (χ0v) is 37.4. The molecule has 0 amide bonds. The average Bonchev–Trinajstić information content (AvgIpc) is 3.00. The number of halogens is 1. The predicted molar refractivity (Wildman–Crippen MR) is 218 cm³/mol. The maximum Gasteiger partial charge on any atom is 0.261 e. The predicted octanol–water partition coefficient (Wildman–Crippen LogP) is 9.03. The van der Waals surface area contributed by atoms with E-state index < -0.39 is 57.4 Å². The zero-order chi connectivity index (χ0) is 37.3. The molecule has 0 saturated carbocycles. The Kier molecular flexibility index (Phi) is 12.8. The lowest BCUT2D eigenvalue weighted by Gasteiger charge is -2.54. The Morgan fingerprint density at radius 3 is 1.64 bits per heavy atom. The van der Waals surface area contributed by atoms with Gasteiger partial charge in [0.2, 0.25) is 5.79 Å². The number of hydrogen-bond donors (Lipinski definition) is 1. The van der Waals surface area contributed by atoms with Crippen molar-refractivity contribution in [3.8, 4) is 0 Å². The molecule has 50 heavy (non-hydrogen) atoms. The molecule has 0 spiro atoms. The summed E-state index contributed by atoms with van der Waals surface area (Å²) in [6.07, 6.45) is -1.51. The maximum absolute atomic E-state index is 13.0. The van der Waals surface area contributed by atoms with Gasteiger partial charge in [-0.05, 0) is 98.5 Å². The number of benzene rings is 3. The van der Waals surface area contributed by atoms with Gasteiger partial charge in [-0.15, -0.1) is 0 Å². The minimum absolute atomic E-state index is 0.206. The molecule has 1 N–H and O–H groups in total. The second-order valence-electron chi connectivity index (χ2n) is 17.6. The highest BCUT2D eigenvalue weighted by atomic mass is 35.5. The van der Waals surface area contributed by atoms with Crippen LogP contribution >= 0.6 is 11.6 Å². The smallest absolute Gasteiger partial charge is 0.261 e. The van der Waals surface area contributed by atoms with Crippen molar-refractivity contribution in [1.29, 1.82) is 0 Å². The molecule has 1 heterocycles. The largest absolute Gasteiger partial charge is 0.409 e. The van der Waals surface area contributed by atoms with Gasteiger partial charge in [0.25, 0.3) is 8.32 Å². The van der Waals surface area contributed by atoms with Gasteiger partial charge in [0.15, 0.2) is 25.0 Å². The van der Waals surface area contributed by atoms with Gasteiger partial charge in [-0.2, -0.15) is 0 Å². The summed E-state index contributed by atoms with van der Waals surface area (Å²) in [5.41, 5.74) is 1.34. The maximum atomic E-state index is 13.0. The van der Waals surface area contributed by atoms with E-state index in [0.29, 0.717) is 17.0 Å². The fourth-order valence-corrected chi connectivity index (χ4v) is 14.9. The SMILES string of the molecule is CC[C@H]1OC(O)(c2ccc(Cl)c(CO[Si](c3ccccc3)(c3ccccc3)C(C)(C)C)c2)[C@H](O[Si](C)(C)C)[C@@H](O[Si](C)(C)C)[C@@H]1O[Si](C)(C)C. The Bertz CT molecular complexity index is 1510. The molecular weight excluding hydrogens is 712 g/mol. The fourth-order valence-electron chi connectivity index (χ4n) is 6.99. The second-order valence-corrected chi connectivity index (χ2v) is 35.7. The van der Waals surface area contributed by atoms with Crippen molar-refractivity contribution in [2.24, 2.45) is 0 Å². The van der Waals surface area contributed by atoms with E-state index in [4.69, 9.17) is 34.0 Å². The summed E-state index contributed by atoms with van der Waals surface area (Å²) in [6, 6.07) is 26.8. The minimum Gasteiger partial charge on any atom is -0.409 e. The van der Waals surface area contributed by atoms with Crippen LogP contribution < -0.4 is 10.4 Å². The molecule has 1 unspecified atom stereocenters. The number of rotatable bonds is 13. The van der Waals surface area contributed by atoms with E-state index >= 15 is 0 Å². The van der Waals surface area contributed by atoms with E-state index in [1.54, 1.807) is 0 Å². The molecule has 276 valence electrons. The van der Waals surface area contributed by atoms with Crippen molar-refractivity contribution in [2.45, 2.75) is 135 Å². The highest BCUT2D eigenvalue weighted by molar-refractivity contribution is 6.99. The van der Waals surface area contributed by atoms with E-state index in [2.05, 4.69) is 135 Å². The molecule has 1 saturated heterocycles. The Labute approximate surface area is 311 Å². The van der Waals surface area contributed by atoms with Gasteiger partial charge in [0.05, 0.1) is 18.8 Å². The van der Waals surface area contributed by atoms with Crippen LogP contribution in [0.5, 0.6) is 0 Å². The Balaban J connectivity index is 1.86. The molecule has 5 atom stereocenters. The molecule has 4 rings (SSSR count). The van der Waals surface area contributed by atoms with E-state index in [1.165, 1.54) is 10.4 Å². The van der Waals surface area contributed by atoms with Crippen LogP contribution in [0.3, 0.4) is 0 Å². The van der Waals surface area contributed by atoms with E-state index in [9.17, 15) is 5.11 Å². The summed E-state index contributed by atoms with van der Waals surface area (Å²) in [5.74, 6) is -1.82. The van der Waals surface area contributed by atoms with Crippen LogP contribution in [0.25, 0.3) is 0 Å². The second kappa shape index (κ2) is 15.5. The van der Waals surface area contributed by atoms with Crippen molar-refractivity contribution in [3.05, 3.63) is 95.0 Å². The van der Waals surface area contributed by atoms with Crippen molar-refractivity contribution >= 4 is 55.2 Å². The lowest BCUT2D eigenvalue weighted by molar-refractivity contribution is -0.346. The molecule has 1 aliphatic rings. The number of ether oxygens (including phenoxy) is 1. The van der Waals surface area contributed by atoms with Crippen molar-refractivity contribution in [3.63, 3.8) is 0 Å². The lowest BCUT2D eigenvalue weighted by Crippen LogP contribution is -2.68. The molecule has 0 aromatic heterocycles. The van der Waals surface area contributed by atoms with E-state index in [-0.39, 0.29) is 17.7 Å². The normalized spacial score (nSPS) is 24.0. The highest BCUT2D eigenvalue weighted by Crippen LogP contribution is 2.45. The minimum atomic E-state index is -2.86. The first kappa shape index (κ1) is 41.3. The summed E-state index contributed by atoms with van der Waals surface area (Å²) >= 11 is 6.98. The van der Waals surface area contributed by atoms with Crippen LogP contribution in [0, 0.1) is 0 Å². The van der Waals surface area contributed by atoms with Crippen LogP contribution in [0.4, 0.5) is 0 Å². The van der Waals surface area contributed by atoms with Crippen LogP contribution in [0.15, 0.2) is 78.9 Å². The van der Waals surface area contributed by atoms with Crippen LogP contribution in [-0.4, -0.2) is 62.8 Å². The highest BCUT2D eigenvalue weighted by Gasteiger charge is 2.59. The first-order chi connectivity index (χ1) is 23.0. The third-order valence-corrected chi connectivity index (χ3v) is 17.2. The fraction of sp³-hybridized carbons (Fsp3) is 0.538. The molecule has 11 heteroatoms. The molecular formula is C39H61ClO6Si4. The Hall–Kier alpha value is -1.42. The molecule has 3 aromatic carbocycles. The quantitative estimate of drug-likeness (QED) is 0.175. The summed E-state index contributed by atoms with van der Waals surface area (Å²) in [4.78, 5) is 0. The molecule has 0 bridgehead atoms. The van der Waals surface area contributed by atoms with Crippen LogP contribution in [-0.2, 0) is 34.8 Å². The Morgan fingerprint density at radius 1 is 0.720 bits per heavy atom. The van der Waals surface area contributed by atoms with Gasteiger partial charge in [0.1, 0.15) is 12.2 Å². The standard InChI is InChI=1S/C39H61ClO6Si4/c1-14-34-35(44-47(5,6)7)36(45-48(8,9)10)37(46-49(11,12)13)39(41,43-34)30-25-26-33(40)29(27-30)28-42-50(38(2,3)4,31-21-17-15-18-22-31)32-23-19-16-20-24-32/h15-27,34-37,41H,14,28H2,1-13H3/t34-,35-,36+,37-,39?/m1/s1. The van der Waals surface area contributed by atoms with Gasteiger partial charge < -0.3 is 27.5 Å². The van der Waals surface area contributed by atoms with Gasteiger partial charge in [-0.3, -0.25) is 0 Å². The first-order valence-electron chi connectivity index (χ1n) is 18.0. The average molecular weight is 774 g/mol. The van der Waals surface area contributed by atoms with Crippen LogP contribution in [0.2, 0.25) is 69.0 Å². The van der Waals surface area contributed by atoms with Crippen LogP contribution in [0.1, 0.15) is 45.2 Å². The monoisotopic (exact) mass is 772 g/mol. The third kappa shape index (κ3) is 9.56.